The Morgan fingerprint density at radius 2 is 1.49 bits per heavy atom. The number of hydrogen-bond donors (Lipinski definition) is 2. The van der Waals surface area contributed by atoms with Gasteiger partial charge in [-0.1, -0.05) is 78.4 Å². The molecule has 0 aromatic heterocycles. The number of amides is 2. The van der Waals surface area contributed by atoms with Gasteiger partial charge in [0.05, 0.1) is 31.7 Å². The SMILES string of the molecule is Cc1ccc(C(CNC(=O)CC(NC(=O)c2ccccc2)c2ccccc2)N2CCOCC2)cc1. The maximum Gasteiger partial charge on any atom is 0.251 e. The van der Waals surface area contributed by atoms with Gasteiger partial charge in [0.1, 0.15) is 0 Å². The van der Waals surface area contributed by atoms with Crippen LogP contribution in [0.4, 0.5) is 0 Å². The van der Waals surface area contributed by atoms with Gasteiger partial charge in [-0.3, -0.25) is 14.5 Å². The first kappa shape index (κ1) is 24.6. The third kappa shape index (κ3) is 7.01. The van der Waals surface area contributed by atoms with E-state index >= 15 is 0 Å². The Kier molecular flexibility index (Phi) is 8.65. The molecule has 3 aromatic carbocycles. The molecule has 2 unspecified atom stereocenters. The van der Waals surface area contributed by atoms with Crippen molar-refractivity contribution in [2.45, 2.75) is 25.4 Å². The van der Waals surface area contributed by atoms with E-state index in [1.807, 2.05) is 48.5 Å². The van der Waals surface area contributed by atoms with Gasteiger partial charge in [0.15, 0.2) is 0 Å². The van der Waals surface area contributed by atoms with E-state index in [2.05, 4.69) is 46.7 Å². The summed E-state index contributed by atoms with van der Waals surface area (Å²) in [6.45, 7) is 5.61. The molecular formula is C29H33N3O3. The van der Waals surface area contributed by atoms with Crippen molar-refractivity contribution in [3.63, 3.8) is 0 Å². The second-order valence-electron chi connectivity index (χ2n) is 8.89. The number of hydrogen-bond acceptors (Lipinski definition) is 4. The van der Waals surface area contributed by atoms with Crippen molar-refractivity contribution in [3.8, 4) is 0 Å². The van der Waals surface area contributed by atoms with Crippen LogP contribution >= 0.6 is 0 Å². The van der Waals surface area contributed by atoms with Gasteiger partial charge in [0.2, 0.25) is 5.91 Å². The molecule has 6 nitrogen and oxygen atoms in total. The molecule has 0 bridgehead atoms. The Morgan fingerprint density at radius 3 is 2.14 bits per heavy atom. The summed E-state index contributed by atoms with van der Waals surface area (Å²) in [6.07, 6.45) is 0.159. The van der Waals surface area contributed by atoms with E-state index in [1.54, 1.807) is 12.1 Å². The van der Waals surface area contributed by atoms with Crippen LogP contribution in [0.2, 0.25) is 0 Å². The van der Waals surface area contributed by atoms with E-state index < -0.39 is 6.04 Å². The van der Waals surface area contributed by atoms with Gasteiger partial charge in [-0.05, 0) is 30.2 Å². The Hall–Kier alpha value is -3.48. The molecule has 1 fully saturated rings. The second-order valence-corrected chi connectivity index (χ2v) is 8.89. The van der Waals surface area contributed by atoms with E-state index in [4.69, 9.17) is 4.74 Å². The topological polar surface area (TPSA) is 70.7 Å². The second kappa shape index (κ2) is 12.3. The summed E-state index contributed by atoms with van der Waals surface area (Å²) in [5, 5.41) is 6.18. The Balaban J connectivity index is 1.44. The fourth-order valence-corrected chi connectivity index (χ4v) is 4.37. The van der Waals surface area contributed by atoms with Crippen LogP contribution in [0.1, 0.15) is 45.6 Å². The van der Waals surface area contributed by atoms with Crippen LogP contribution < -0.4 is 10.6 Å². The smallest absolute Gasteiger partial charge is 0.251 e. The van der Waals surface area contributed by atoms with Crippen molar-refractivity contribution in [1.82, 2.24) is 15.5 Å². The van der Waals surface area contributed by atoms with Crippen molar-refractivity contribution in [2.24, 2.45) is 0 Å². The van der Waals surface area contributed by atoms with E-state index in [0.717, 1.165) is 18.7 Å². The number of carbonyl (C=O) groups is 2. The molecule has 2 N–H and O–H groups in total. The predicted octanol–water partition coefficient (Wildman–Crippen LogP) is 4.05. The maximum absolute atomic E-state index is 13.1. The van der Waals surface area contributed by atoms with Crippen LogP contribution in [0.15, 0.2) is 84.9 Å². The third-order valence-electron chi connectivity index (χ3n) is 6.37. The van der Waals surface area contributed by atoms with Gasteiger partial charge in [0.25, 0.3) is 5.91 Å². The molecule has 0 aliphatic carbocycles. The van der Waals surface area contributed by atoms with Gasteiger partial charge < -0.3 is 15.4 Å². The molecule has 2 amide bonds. The molecule has 1 heterocycles. The van der Waals surface area contributed by atoms with Crippen molar-refractivity contribution >= 4 is 11.8 Å². The standard InChI is InChI=1S/C29H33N3O3/c1-22-12-14-24(15-13-22)27(32-16-18-35-19-17-32)21-30-28(33)20-26(23-8-4-2-5-9-23)31-29(34)25-10-6-3-7-11-25/h2-15,26-27H,16-21H2,1H3,(H,30,33)(H,31,34). The molecule has 182 valence electrons. The highest BCUT2D eigenvalue weighted by Crippen LogP contribution is 2.23. The molecule has 3 aromatic rings. The van der Waals surface area contributed by atoms with Gasteiger partial charge >= 0.3 is 0 Å². The number of morpholine rings is 1. The molecule has 1 saturated heterocycles. The summed E-state index contributed by atoms with van der Waals surface area (Å²) in [6, 6.07) is 26.8. The number of rotatable bonds is 9. The van der Waals surface area contributed by atoms with Crippen LogP contribution in [0, 0.1) is 6.92 Å². The van der Waals surface area contributed by atoms with Crippen molar-refractivity contribution in [1.29, 1.82) is 0 Å². The van der Waals surface area contributed by atoms with Gasteiger partial charge in [0, 0.05) is 25.2 Å². The summed E-state index contributed by atoms with van der Waals surface area (Å²) in [5.74, 6) is -0.296. The van der Waals surface area contributed by atoms with Gasteiger partial charge in [-0.25, -0.2) is 0 Å². The molecular weight excluding hydrogens is 438 g/mol. The molecule has 0 spiro atoms. The minimum Gasteiger partial charge on any atom is -0.379 e. The molecule has 4 rings (SSSR count). The number of nitrogens with one attached hydrogen (secondary N) is 2. The van der Waals surface area contributed by atoms with Crippen LogP contribution in [-0.2, 0) is 9.53 Å². The molecule has 0 radical (unpaired) electrons. The summed E-state index contributed by atoms with van der Waals surface area (Å²) in [7, 11) is 0. The average molecular weight is 472 g/mol. The normalized spacial score (nSPS) is 15.7. The van der Waals surface area contributed by atoms with E-state index in [1.165, 1.54) is 11.1 Å². The summed E-state index contributed by atoms with van der Waals surface area (Å²) in [5.41, 5.74) is 3.85. The van der Waals surface area contributed by atoms with Crippen LogP contribution in [0.3, 0.4) is 0 Å². The monoisotopic (exact) mass is 471 g/mol. The number of nitrogens with zero attached hydrogens (tertiary/aromatic N) is 1. The van der Waals surface area contributed by atoms with Gasteiger partial charge in [-0.2, -0.15) is 0 Å². The largest absolute Gasteiger partial charge is 0.379 e. The third-order valence-corrected chi connectivity index (χ3v) is 6.37. The number of aryl methyl sites for hydroxylation is 1. The first-order valence-corrected chi connectivity index (χ1v) is 12.2. The highest BCUT2D eigenvalue weighted by Gasteiger charge is 2.24. The lowest BCUT2D eigenvalue weighted by Gasteiger charge is -2.35. The van der Waals surface area contributed by atoms with E-state index in [9.17, 15) is 9.59 Å². The van der Waals surface area contributed by atoms with Crippen molar-refractivity contribution in [3.05, 3.63) is 107 Å². The first-order chi connectivity index (χ1) is 17.1. The van der Waals surface area contributed by atoms with Crippen LogP contribution in [0.5, 0.6) is 0 Å². The molecule has 2 atom stereocenters. The zero-order valence-electron chi connectivity index (χ0n) is 20.2. The molecule has 1 aliphatic rings. The lowest BCUT2D eigenvalue weighted by atomic mass is 10.0. The summed E-state index contributed by atoms with van der Waals surface area (Å²) < 4.78 is 5.54. The van der Waals surface area contributed by atoms with Crippen LogP contribution in [-0.4, -0.2) is 49.6 Å². The van der Waals surface area contributed by atoms with E-state index in [-0.39, 0.29) is 24.3 Å². The van der Waals surface area contributed by atoms with Crippen LogP contribution in [0.25, 0.3) is 0 Å². The fourth-order valence-electron chi connectivity index (χ4n) is 4.37. The zero-order chi connectivity index (χ0) is 24.5. The highest BCUT2D eigenvalue weighted by molar-refractivity contribution is 5.94. The minimum atomic E-state index is -0.426. The molecule has 0 saturated carbocycles. The summed E-state index contributed by atoms with van der Waals surface area (Å²) >= 11 is 0. The molecule has 35 heavy (non-hydrogen) atoms. The summed E-state index contributed by atoms with van der Waals surface area (Å²) in [4.78, 5) is 28.3. The van der Waals surface area contributed by atoms with Crippen molar-refractivity contribution in [2.75, 3.05) is 32.8 Å². The predicted molar refractivity (Wildman–Crippen MR) is 137 cm³/mol. The maximum atomic E-state index is 13.1. The molecule has 6 heteroatoms. The highest BCUT2D eigenvalue weighted by atomic mass is 16.5. The fraction of sp³-hybridized carbons (Fsp3) is 0.310. The molecule has 1 aliphatic heterocycles. The average Bonchev–Trinajstić information content (AvgIpc) is 2.91. The Labute approximate surface area is 207 Å². The first-order valence-electron chi connectivity index (χ1n) is 12.2. The Bertz CT molecular complexity index is 1080. The quantitative estimate of drug-likeness (QED) is 0.494. The lowest BCUT2D eigenvalue weighted by molar-refractivity contribution is -0.121. The van der Waals surface area contributed by atoms with Crippen molar-refractivity contribution < 1.29 is 14.3 Å². The lowest BCUT2D eigenvalue weighted by Crippen LogP contribution is -2.44. The number of ether oxygens (including phenoxy) is 1. The minimum absolute atomic E-state index is 0.0672. The Morgan fingerprint density at radius 1 is 0.857 bits per heavy atom. The van der Waals surface area contributed by atoms with E-state index in [0.29, 0.717) is 25.3 Å². The number of benzene rings is 3. The van der Waals surface area contributed by atoms with Gasteiger partial charge in [-0.15, -0.1) is 0 Å². The zero-order valence-corrected chi connectivity index (χ0v) is 20.2. The number of carbonyl (C=O) groups excluding carboxylic acids is 2.